The lowest BCUT2D eigenvalue weighted by Crippen LogP contribution is -2.61. The van der Waals surface area contributed by atoms with E-state index in [-0.39, 0.29) is 39.3 Å². The minimum atomic E-state index is -0.327. The van der Waals surface area contributed by atoms with Crippen molar-refractivity contribution >= 4 is 45.9 Å². The van der Waals surface area contributed by atoms with Crippen LogP contribution in [0.5, 0.6) is 0 Å². The molecule has 2 unspecified atom stereocenters. The van der Waals surface area contributed by atoms with Crippen LogP contribution in [0.2, 0.25) is 0 Å². The van der Waals surface area contributed by atoms with E-state index in [4.69, 9.17) is 0 Å². The van der Waals surface area contributed by atoms with Gasteiger partial charge in [0, 0.05) is 44.7 Å². The Morgan fingerprint density at radius 3 is 1.65 bits per heavy atom. The third kappa shape index (κ3) is 5.85. The highest BCUT2D eigenvalue weighted by atomic mass is 15.3. The molecule has 11 rings (SSSR count). The first-order valence-electron chi connectivity index (χ1n) is 24.7. The van der Waals surface area contributed by atoms with Crippen molar-refractivity contribution in [1.29, 1.82) is 0 Å². The second-order valence-corrected chi connectivity index (χ2v) is 24.6. The van der Waals surface area contributed by atoms with E-state index in [2.05, 4.69) is 222 Å². The van der Waals surface area contributed by atoms with Gasteiger partial charge in [-0.3, -0.25) is 0 Å². The molecule has 0 aromatic heterocycles. The maximum absolute atomic E-state index is 2.91. The number of rotatable bonds is 3. The summed E-state index contributed by atoms with van der Waals surface area (Å²) in [5.74, 6) is 0. The Balaban J connectivity index is 1.35. The maximum atomic E-state index is 2.91. The first-order chi connectivity index (χ1) is 30.6. The summed E-state index contributed by atoms with van der Waals surface area (Å²) in [6.07, 6.45) is 4.93. The van der Waals surface area contributed by atoms with Gasteiger partial charge >= 0.3 is 0 Å². The molecule has 0 amide bonds. The fourth-order valence-corrected chi connectivity index (χ4v) is 13.2. The zero-order valence-corrected chi connectivity index (χ0v) is 41.8. The average molecular weight is 853 g/mol. The summed E-state index contributed by atoms with van der Waals surface area (Å²) in [5.41, 5.74) is 26.0. The quantitative estimate of drug-likeness (QED) is 0.164. The highest BCUT2D eigenvalue weighted by Crippen LogP contribution is 2.65. The zero-order chi connectivity index (χ0) is 46.0. The molecule has 0 N–H and O–H groups in total. The van der Waals surface area contributed by atoms with Gasteiger partial charge in [-0.2, -0.15) is 0 Å². The van der Waals surface area contributed by atoms with Gasteiger partial charge in [0.05, 0.1) is 11.2 Å². The van der Waals surface area contributed by atoms with Crippen LogP contribution in [0.1, 0.15) is 155 Å². The highest BCUT2D eigenvalue weighted by Gasteiger charge is 2.63. The topological polar surface area (TPSA) is 6.48 Å². The molecule has 0 saturated heterocycles. The van der Waals surface area contributed by atoms with Crippen LogP contribution >= 0.6 is 0 Å². The van der Waals surface area contributed by atoms with Crippen LogP contribution in [0.3, 0.4) is 0 Å². The Labute approximate surface area is 391 Å². The van der Waals surface area contributed by atoms with Gasteiger partial charge in [0.1, 0.15) is 0 Å². The van der Waals surface area contributed by atoms with Gasteiger partial charge in [0.15, 0.2) is 0 Å². The summed E-state index contributed by atoms with van der Waals surface area (Å²) in [7, 11) is 0. The van der Waals surface area contributed by atoms with Gasteiger partial charge in [0.2, 0.25) is 0 Å². The van der Waals surface area contributed by atoms with E-state index in [0.29, 0.717) is 0 Å². The van der Waals surface area contributed by atoms with Crippen molar-refractivity contribution in [3.63, 3.8) is 0 Å². The smallest absolute Gasteiger partial charge is 0.252 e. The highest BCUT2D eigenvalue weighted by molar-refractivity contribution is 7.03. The van der Waals surface area contributed by atoms with Gasteiger partial charge in [-0.05, 0) is 134 Å². The van der Waals surface area contributed by atoms with Crippen molar-refractivity contribution in [3.8, 4) is 22.3 Å². The summed E-state index contributed by atoms with van der Waals surface area (Å²) in [6, 6.07) is 45.6. The Morgan fingerprint density at radius 2 is 1.06 bits per heavy atom. The lowest BCUT2D eigenvalue weighted by Gasteiger charge is -2.53. The van der Waals surface area contributed by atoms with E-state index in [1.54, 1.807) is 5.56 Å². The van der Waals surface area contributed by atoms with E-state index in [9.17, 15) is 0 Å². The Hall–Kier alpha value is -5.28. The molecule has 3 heteroatoms. The zero-order valence-electron chi connectivity index (χ0n) is 41.8. The number of allylic oxidation sites excluding steroid dienone is 1. The minimum absolute atomic E-state index is 0.00684. The first kappa shape index (κ1) is 42.4. The van der Waals surface area contributed by atoms with Crippen molar-refractivity contribution in [2.75, 3.05) is 9.80 Å². The van der Waals surface area contributed by atoms with Gasteiger partial charge in [-0.1, -0.05) is 187 Å². The molecule has 0 bridgehead atoms. The van der Waals surface area contributed by atoms with Gasteiger partial charge in [0.25, 0.3) is 6.71 Å². The molecule has 2 nitrogen and oxygen atoms in total. The summed E-state index contributed by atoms with van der Waals surface area (Å²) < 4.78 is 0. The van der Waals surface area contributed by atoms with Crippen LogP contribution < -0.4 is 20.7 Å². The normalized spacial score (nSPS) is 21.5. The Kier molecular flexibility index (Phi) is 8.90. The predicted molar refractivity (Wildman–Crippen MR) is 281 cm³/mol. The average Bonchev–Trinajstić information content (AvgIpc) is 3.61. The molecule has 65 heavy (non-hydrogen) atoms. The Morgan fingerprint density at radius 1 is 0.523 bits per heavy atom. The summed E-state index contributed by atoms with van der Waals surface area (Å²) >= 11 is 0. The van der Waals surface area contributed by atoms with Crippen LogP contribution in [0.4, 0.5) is 22.7 Å². The van der Waals surface area contributed by atoms with Crippen molar-refractivity contribution in [3.05, 3.63) is 160 Å². The molecule has 6 aromatic carbocycles. The summed E-state index contributed by atoms with van der Waals surface area (Å²) in [4.78, 5) is 5.74. The maximum Gasteiger partial charge on any atom is 0.252 e. The second kappa shape index (κ2) is 13.7. The molecular weight excluding hydrogens is 784 g/mol. The summed E-state index contributed by atoms with van der Waals surface area (Å²) in [5, 5.41) is 0. The number of anilines is 4. The molecule has 5 aliphatic rings. The van der Waals surface area contributed by atoms with Crippen molar-refractivity contribution in [2.24, 2.45) is 0 Å². The van der Waals surface area contributed by atoms with E-state index in [1.807, 2.05) is 0 Å². The first-order valence-corrected chi connectivity index (χ1v) is 24.7. The van der Waals surface area contributed by atoms with E-state index in [1.165, 1.54) is 126 Å². The van der Waals surface area contributed by atoms with Crippen LogP contribution in [0, 0.1) is 6.92 Å². The fourth-order valence-electron chi connectivity index (χ4n) is 13.2. The number of aryl methyl sites for hydroxylation is 1. The molecule has 3 aliphatic heterocycles. The number of benzene rings is 6. The molecule has 1 fully saturated rings. The number of nitrogens with zero attached hydrogens (tertiary/aromatic N) is 2. The number of fused-ring (bicyclic) bond motifs is 8. The van der Waals surface area contributed by atoms with Crippen molar-refractivity contribution < 1.29 is 0 Å². The van der Waals surface area contributed by atoms with Crippen LogP contribution in [0.25, 0.3) is 27.7 Å². The standard InChI is InChI=1S/C62H69BN2/c1-38-31-50-53-51(32-38)65-55-48(61(13)29-21-22-30-62(61,65)14)36-43(59(8,9)10)37-49(55)63(53)52-44-28-27-41(57(2,3)4)35-47(44)60(11,12)56(52)64(50)54-45(39-23-17-15-18-24-39)33-42(58(5,6)7)34-46(54)40-25-19-16-20-26-40/h15-20,23-28,31-37H,21-22,29-30H2,1-14H3. The molecule has 1 saturated carbocycles. The third-order valence-corrected chi connectivity index (χ3v) is 17.0. The van der Waals surface area contributed by atoms with Crippen molar-refractivity contribution in [1.82, 2.24) is 0 Å². The van der Waals surface area contributed by atoms with E-state index < -0.39 is 0 Å². The molecular formula is C62H69BN2. The van der Waals surface area contributed by atoms with E-state index >= 15 is 0 Å². The van der Waals surface area contributed by atoms with E-state index in [0.717, 1.165) is 0 Å². The largest absolute Gasteiger partial charge is 0.335 e. The monoisotopic (exact) mass is 853 g/mol. The Bertz CT molecular complexity index is 2940. The predicted octanol–water partition coefficient (Wildman–Crippen LogP) is 15.3. The molecule has 0 spiro atoms. The van der Waals surface area contributed by atoms with Crippen LogP contribution in [-0.2, 0) is 27.1 Å². The number of hydrogen-bond acceptors (Lipinski definition) is 2. The van der Waals surface area contributed by atoms with Gasteiger partial charge < -0.3 is 9.80 Å². The molecule has 3 heterocycles. The molecule has 2 atom stereocenters. The number of hydrogen-bond donors (Lipinski definition) is 0. The second-order valence-electron chi connectivity index (χ2n) is 24.6. The van der Waals surface area contributed by atoms with Crippen molar-refractivity contribution in [2.45, 2.75) is 155 Å². The van der Waals surface area contributed by atoms with Crippen LogP contribution in [-0.4, -0.2) is 12.3 Å². The van der Waals surface area contributed by atoms with Crippen LogP contribution in [0.15, 0.2) is 121 Å². The lowest BCUT2D eigenvalue weighted by molar-refractivity contribution is 0.195. The SMILES string of the molecule is Cc1cc2c3c(c1)N1c4c(cc(C(C)(C)C)cc4C4(C)CCCCC14C)B3C1=C(N2c2c(-c3ccccc3)cc(C(C)(C)C)cc2-c2ccccc2)C(C)(C)c2cc(C(C)(C)C)ccc21. The molecule has 2 aliphatic carbocycles. The minimum Gasteiger partial charge on any atom is -0.335 e. The van der Waals surface area contributed by atoms with Gasteiger partial charge in [-0.25, -0.2) is 0 Å². The third-order valence-electron chi connectivity index (χ3n) is 17.0. The van der Waals surface area contributed by atoms with Gasteiger partial charge in [-0.15, -0.1) is 0 Å². The summed E-state index contributed by atoms with van der Waals surface area (Å²) in [6.45, 7) is 34.2. The molecule has 330 valence electrons. The fraction of sp³-hybridized carbons (Fsp3) is 0.387. The lowest BCUT2D eigenvalue weighted by atomic mass is 9.32. The molecule has 6 aromatic rings. The molecule has 0 radical (unpaired) electrons.